The van der Waals surface area contributed by atoms with Gasteiger partial charge in [-0.2, -0.15) is 0 Å². The Balaban J connectivity index is 1.38. The number of urea groups is 1. The Morgan fingerprint density at radius 3 is 2.82 bits per heavy atom. The molecule has 2 heterocycles. The van der Waals surface area contributed by atoms with Crippen molar-refractivity contribution >= 4 is 22.5 Å². The molecule has 0 aliphatic rings. The third-order valence-electron chi connectivity index (χ3n) is 4.14. The Hall–Kier alpha value is -2.71. The Labute approximate surface area is 168 Å². The number of carbonyl (C=O) groups is 1. The van der Waals surface area contributed by atoms with Crippen molar-refractivity contribution in [3.8, 4) is 0 Å². The fraction of sp³-hybridized carbons (Fsp3) is 0.350. The highest BCUT2D eigenvalue weighted by molar-refractivity contribution is 7.15. The van der Waals surface area contributed by atoms with Crippen LogP contribution >= 0.6 is 11.3 Å². The third-order valence-corrected chi connectivity index (χ3v) is 5.10. The molecule has 8 heteroatoms. The van der Waals surface area contributed by atoms with E-state index in [2.05, 4.69) is 39.9 Å². The number of carbonyl (C=O) groups excluding carboxylic acids is 1. The van der Waals surface area contributed by atoms with E-state index in [4.69, 9.17) is 9.15 Å². The summed E-state index contributed by atoms with van der Waals surface area (Å²) in [6, 6.07) is 13.6. The van der Waals surface area contributed by atoms with Crippen LogP contribution in [0.2, 0.25) is 0 Å². The smallest absolute Gasteiger partial charge is 0.321 e. The second-order valence-electron chi connectivity index (χ2n) is 6.18. The maximum Gasteiger partial charge on any atom is 0.321 e. The lowest BCUT2D eigenvalue weighted by Gasteiger charge is -2.11. The molecular formula is C20H24N4O3S. The number of ether oxygens (including phenoxy) is 1. The van der Waals surface area contributed by atoms with Crippen molar-refractivity contribution < 1.29 is 13.9 Å². The summed E-state index contributed by atoms with van der Waals surface area (Å²) in [5.41, 5.74) is 1.20. The zero-order chi connectivity index (χ0) is 19.6. The van der Waals surface area contributed by atoms with Gasteiger partial charge in [0.1, 0.15) is 17.4 Å². The van der Waals surface area contributed by atoms with E-state index in [1.165, 1.54) is 16.9 Å². The number of amides is 2. The highest BCUT2D eigenvalue weighted by Crippen LogP contribution is 2.31. The Kier molecular flexibility index (Phi) is 7.57. The highest BCUT2D eigenvalue weighted by atomic mass is 32.1. The first-order valence-electron chi connectivity index (χ1n) is 9.29. The molecule has 0 saturated heterocycles. The molecule has 0 fully saturated rings. The summed E-state index contributed by atoms with van der Waals surface area (Å²) >= 11 is 1.41. The van der Waals surface area contributed by atoms with E-state index in [-0.39, 0.29) is 11.9 Å². The van der Waals surface area contributed by atoms with Crippen LogP contribution < -0.4 is 10.6 Å². The van der Waals surface area contributed by atoms with Gasteiger partial charge in [0.05, 0.1) is 6.26 Å². The fourth-order valence-corrected chi connectivity index (χ4v) is 3.70. The molecule has 1 unspecified atom stereocenters. The molecule has 0 aliphatic heterocycles. The van der Waals surface area contributed by atoms with Crippen LogP contribution in [0.4, 0.5) is 9.93 Å². The molecule has 0 bridgehead atoms. The van der Waals surface area contributed by atoms with Gasteiger partial charge in [-0.1, -0.05) is 48.6 Å². The molecule has 3 rings (SSSR count). The molecule has 2 aromatic heterocycles. The first kappa shape index (κ1) is 20.0. The van der Waals surface area contributed by atoms with Crippen molar-refractivity contribution in [1.29, 1.82) is 0 Å². The summed E-state index contributed by atoms with van der Waals surface area (Å²) in [7, 11) is 0. The van der Waals surface area contributed by atoms with Gasteiger partial charge in [0.25, 0.3) is 0 Å². The van der Waals surface area contributed by atoms with Crippen LogP contribution in [-0.4, -0.2) is 29.4 Å². The van der Waals surface area contributed by atoms with E-state index < -0.39 is 0 Å². The molecule has 148 valence electrons. The lowest BCUT2D eigenvalue weighted by molar-refractivity contribution is 0.104. The number of rotatable bonds is 10. The van der Waals surface area contributed by atoms with E-state index in [1.54, 1.807) is 6.26 Å². The Morgan fingerprint density at radius 1 is 1.21 bits per heavy atom. The predicted molar refractivity (Wildman–Crippen MR) is 108 cm³/mol. The number of anilines is 1. The Morgan fingerprint density at radius 2 is 2.07 bits per heavy atom. The second-order valence-corrected chi connectivity index (χ2v) is 7.19. The summed E-state index contributed by atoms with van der Waals surface area (Å²) in [5.74, 6) is 0.974. The first-order valence-corrected chi connectivity index (χ1v) is 10.1. The first-order chi connectivity index (χ1) is 13.8. The topological polar surface area (TPSA) is 89.3 Å². The molecule has 7 nitrogen and oxygen atoms in total. The average molecular weight is 401 g/mol. The van der Waals surface area contributed by atoms with Gasteiger partial charge in [0.2, 0.25) is 5.13 Å². The normalized spacial score (nSPS) is 11.9. The van der Waals surface area contributed by atoms with Crippen molar-refractivity contribution in [1.82, 2.24) is 15.5 Å². The SMILES string of the molecule is CCC(c1ccccc1)c1nnc(NC(=O)NCCCOCc2ccco2)s1. The van der Waals surface area contributed by atoms with Crippen LogP contribution in [-0.2, 0) is 11.3 Å². The highest BCUT2D eigenvalue weighted by Gasteiger charge is 2.17. The minimum Gasteiger partial charge on any atom is -0.467 e. The van der Waals surface area contributed by atoms with Crippen LogP contribution in [0.25, 0.3) is 0 Å². The third kappa shape index (κ3) is 5.90. The zero-order valence-electron chi connectivity index (χ0n) is 15.8. The number of aromatic nitrogens is 2. The largest absolute Gasteiger partial charge is 0.467 e. The quantitative estimate of drug-likeness (QED) is 0.492. The molecule has 0 spiro atoms. The van der Waals surface area contributed by atoms with Crippen LogP contribution in [0.1, 0.15) is 42.0 Å². The molecule has 2 amide bonds. The fourth-order valence-electron chi connectivity index (χ4n) is 2.75. The molecule has 3 aromatic rings. The van der Waals surface area contributed by atoms with Crippen LogP contribution in [0.15, 0.2) is 53.1 Å². The van der Waals surface area contributed by atoms with Crippen molar-refractivity contribution in [2.24, 2.45) is 0 Å². The number of nitrogens with one attached hydrogen (secondary N) is 2. The average Bonchev–Trinajstić information content (AvgIpc) is 3.38. The van der Waals surface area contributed by atoms with E-state index in [0.29, 0.717) is 31.3 Å². The van der Waals surface area contributed by atoms with Crippen LogP contribution in [0.3, 0.4) is 0 Å². The molecular weight excluding hydrogens is 376 g/mol. The van der Waals surface area contributed by atoms with Gasteiger partial charge in [0.15, 0.2) is 0 Å². The van der Waals surface area contributed by atoms with E-state index >= 15 is 0 Å². The number of nitrogens with zero attached hydrogens (tertiary/aromatic N) is 2. The van der Waals surface area contributed by atoms with Crippen LogP contribution in [0.5, 0.6) is 0 Å². The van der Waals surface area contributed by atoms with Gasteiger partial charge in [-0.05, 0) is 30.5 Å². The number of furan rings is 1. The van der Waals surface area contributed by atoms with Gasteiger partial charge < -0.3 is 14.5 Å². The Bertz CT molecular complexity index is 836. The monoisotopic (exact) mass is 400 g/mol. The summed E-state index contributed by atoms with van der Waals surface area (Å²) in [6.07, 6.45) is 3.25. The van der Waals surface area contributed by atoms with Gasteiger partial charge in [-0.3, -0.25) is 5.32 Å². The van der Waals surface area contributed by atoms with E-state index in [1.807, 2.05) is 30.3 Å². The van der Waals surface area contributed by atoms with Crippen molar-refractivity contribution in [3.63, 3.8) is 0 Å². The van der Waals surface area contributed by atoms with E-state index in [9.17, 15) is 4.79 Å². The van der Waals surface area contributed by atoms with Gasteiger partial charge >= 0.3 is 6.03 Å². The molecule has 2 N–H and O–H groups in total. The molecule has 28 heavy (non-hydrogen) atoms. The summed E-state index contributed by atoms with van der Waals surface area (Å²) < 4.78 is 10.7. The van der Waals surface area contributed by atoms with E-state index in [0.717, 1.165) is 17.2 Å². The van der Waals surface area contributed by atoms with Gasteiger partial charge in [-0.15, -0.1) is 10.2 Å². The predicted octanol–water partition coefficient (Wildman–Crippen LogP) is 4.40. The van der Waals surface area contributed by atoms with Crippen LogP contribution in [0, 0.1) is 0 Å². The summed E-state index contributed by atoms with van der Waals surface area (Å²) in [6.45, 7) is 3.61. The number of hydrogen-bond donors (Lipinski definition) is 2. The molecule has 1 aromatic carbocycles. The minimum atomic E-state index is -0.290. The standard InChI is InChI=1S/C20H24N4O3S/c1-2-17(15-8-4-3-5-9-15)18-23-24-20(28-18)22-19(25)21-11-7-12-26-14-16-10-6-13-27-16/h3-6,8-10,13,17H,2,7,11-12,14H2,1H3,(H2,21,22,24,25). The number of hydrogen-bond acceptors (Lipinski definition) is 6. The molecule has 0 saturated carbocycles. The van der Waals surface area contributed by atoms with Crippen molar-refractivity contribution in [2.45, 2.75) is 32.3 Å². The van der Waals surface area contributed by atoms with Crippen molar-refractivity contribution in [3.05, 3.63) is 65.1 Å². The van der Waals surface area contributed by atoms with Gasteiger partial charge in [0, 0.05) is 19.1 Å². The van der Waals surface area contributed by atoms with Gasteiger partial charge in [-0.25, -0.2) is 4.79 Å². The molecule has 0 radical (unpaired) electrons. The maximum absolute atomic E-state index is 12.0. The minimum absolute atomic E-state index is 0.184. The zero-order valence-corrected chi connectivity index (χ0v) is 16.6. The lowest BCUT2D eigenvalue weighted by atomic mass is 9.97. The molecule has 1 atom stereocenters. The molecule has 0 aliphatic carbocycles. The summed E-state index contributed by atoms with van der Waals surface area (Å²) in [4.78, 5) is 12.0. The summed E-state index contributed by atoms with van der Waals surface area (Å²) in [5, 5.41) is 15.3. The lowest BCUT2D eigenvalue weighted by Crippen LogP contribution is -2.30. The number of benzene rings is 1. The van der Waals surface area contributed by atoms with Crippen molar-refractivity contribution in [2.75, 3.05) is 18.5 Å². The maximum atomic E-state index is 12.0. The second kappa shape index (κ2) is 10.6.